The molecule has 1 aliphatic heterocycles. The van der Waals surface area contributed by atoms with Gasteiger partial charge in [0.15, 0.2) is 0 Å². The van der Waals surface area contributed by atoms with Crippen LogP contribution in [0.15, 0.2) is 17.1 Å². The van der Waals surface area contributed by atoms with Crippen LogP contribution in [0.1, 0.15) is 0 Å². The van der Waals surface area contributed by atoms with Crippen LogP contribution in [0.4, 0.5) is 0 Å². The van der Waals surface area contributed by atoms with Gasteiger partial charge in [-0.05, 0) is 6.08 Å². The molecule has 0 aromatic carbocycles. The van der Waals surface area contributed by atoms with E-state index >= 15 is 0 Å². The average Bonchev–Trinajstić information content (AvgIpc) is 1.90. The number of allylic oxidation sites excluding steroid dienone is 1. The van der Waals surface area contributed by atoms with Crippen LogP contribution in [-0.2, 0) is 0 Å². The average molecular weight is 255 g/mol. The maximum absolute atomic E-state index is 5.60. The molecule has 0 saturated heterocycles. The number of nitrogens with zero attached hydrogens (tertiary/aromatic N) is 1. The van der Waals surface area contributed by atoms with E-state index in [4.69, 9.17) is 11.6 Å². The molecule has 0 N–H and O–H groups in total. The highest BCUT2D eigenvalue weighted by atomic mass is 127. The van der Waals surface area contributed by atoms with Crippen LogP contribution in [0, 0.1) is 5.92 Å². The van der Waals surface area contributed by atoms with E-state index in [0.717, 1.165) is 11.0 Å². The molecule has 0 radical (unpaired) electrons. The van der Waals surface area contributed by atoms with E-state index < -0.39 is 0 Å². The second-order valence-electron chi connectivity index (χ2n) is 1.94. The van der Waals surface area contributed by atoms with Gasteiger partial charge in [-0.3, -0.25) is 4.99 Å². The lowest BCUT2D eigenvalue weighted by molar-refractivity contribution is 0.759. The Balaban J connectivity index is 2.48. The quantitative estimate of drug-likeness (QED) is 0.503. The molecule has 0 aromatic heterocycles. The van der Waals surface area contributed by atoms with Gasteiger partial charge in [0.2, 0.25) is 0 Å². The molecule has 1 aliphatic rings. The molecule has 0 bridgehead atoms. The Hall–Kier alpha value is 0.430. The van der Waals surface area contributed by atoms with Crippen molar-refractivity contribution in [1.82, 2.24) is 0 Å². The first-order valence-electron chi connectivity index (χ1n) is 2.77. The van der Waals surface area contributed by atoms with Crippen molar-refractivity contribution in [2.24, 2.45) is 10.9 Å². The Labute approximate surface area is 73.3 Å². The summed E-state index contributed by atoms with van der Waals surface area (Å²) in [6.45, 7) is 0.859. The Morgan fingerprint density at radius 1 is 1.89 bits per heavy atom. The summed E-state index contributed by atoms with van der Waals surface area (Å²) in [5.41, 5.74) is 0. The van der Waals surface area contributed by atoms with Gasteiger partial charge in [-0.25, -0.2) is 0 Å². The number of dihydropyridines is 1. The summed E-state index contributed by atoms with van der Waals surface area (Å²) in [6, 6.07) is 0. The van der Waals surface area contributed by atoms with Gasteiger partial charge in [0, 0.05) is 16.9 Å². The number of rotatable bonds is 1. The van der Waals surface area contributed by atoms with E-state index in [1.807, 2.05) is 6.08 Å². The molecule has 0 aromatic rings. The van der Waals surface area contributed by atoms with Crippen LogP contribution < -0.4 is 0 Å². The van der Waals surface area contributed by atoms with Crippen molar-refractivity contribution >= 4 is 39.4 Å². The summed E-state index contributed by atoms with van der Waals surface area (Å²) < 4.78 is 1.13. The standard InChI is InChI=1S/C6H7ClIN/c7-6-2-1-5(3-8)4-9-6/h1-2,5H,3-4H2. The molecule has 0 fully saturated rings. The Morgan fingerprint density at radius 3 is 3.11 bits per heavy atom. The normalized spacial score (nSPS) is 26.0. The fourth-order valence-electron chi connectivity index (χ4n) is 0.634. The fourth-order valence-corrected chi connectivity index (χ4v) is 1.35. The third-order valence-corrected chi connectivity index (χ3v) is 2.56. The van der Waals surface area contributed by atoms with E-state index in [9.17, 15) is 0 Å². The predicted molar refractivity (Wildman–Crippen MR) is 49.7 cm³/mol. The predicted octanol–water partition coefficient (Wildman–Crippen LogP) is 2.24. The van der Waals surface area contributed by atoms with E-state index in [0.29, 0.717) is 11.1 Å². The molecule has 1 rings (SSSR count). The SMILES string of the molecule is ClC1=NCC(CI)C=C1. The third kappa shape index (κ3) is 2.26. The van der Waals surface area contributed by atoms with Crippen LogP contribution in [0.25, 0.3) is 0 Å². The minimum atomic E-state index is 0.605. The highest BCUT2D eigenvalue weighted by Crippen LogP contribution is 2.10. The molecule has 1 heterocycles. The van der Waals surface area contributed by atoms with Gasteiger partial charge in [-0.2, -0.15) is 0 Å². The fraction of sp³-hybridized carbons (Fsp3) is 0.500. The first kappa shape index (κ1) is 7.54. The molecular weight excluding hydrogens is 248 g/mol. The van der Waals surface area contributed by atoms with Crippen molar-refractivity contribution in [3.63, 3.8) is 0 Å². The van der Waals surface area contributed by atoms with E-state index in [2.05, 4.69) is 33.7 Å². The molecule has 1 unspecified atom stereocenters. The first-order chi connectivity index (χ1) is 4.33. The molecule has 9 heavy (non-hydrogen) atoms. The molecule has 3 heteroatoms. The monoisotopic (exact) mass is 255 g/mol. The number of halogens is 2. The Morgan fingerprint density at radius 2 is 2.67 bits per heavy atom. The lowest BCUT2D eigenvalue weighted by atomic mass is 10.1. The molecular formula is C6H7ClIN. The number of hydrogen-bond donors (Lipinski definition) is 0. The highest BCUT2D eigenvalue weighted by Gasteiger charge is 2.05. The second-order valence-corrected chi connectivity index (χ2v) is 3.20. The molecule has 0 amide bonds. The number of aliphatic imine (C=N–C) groups is 1. The van der Waals surface area contributed by atoms with Crippen LogP contribution in [0.5, 0.6) is 0 Å². The summed E-state index contributed by atoms with van der Waals surface area (Å²) in [5.74, 6) is 0.605. The van der Waals surface area contributed by atoms with Crippen molar-refractivity contribution in [1.29, 1.82) is 0 Å². The minimum absolute atomic E-state index is 0.605. The number of hydrogen-bond acceptors (Lipinski definition) is 1. The van der Waals surface area contributed by atoms with Crippen LogP contribution in [-0.4, -0.2) is 16.1 Å². The first-order valence-corrected chi connectivity index (χ1v) is 4.67. The molecule has 0 spiro atoms. The molecule has 1 atom stereocenters. The van der Waals surface area contributed by atoms with Crippen LogP contribution in [0.2, 0.25) is 0 Å². The van der Waals surface area contributed by atoms with Crippen molar-refractivity contribution in [2.45, 2.75) is 0 Å². The zero-order chi connectivity index (χ0) is 6.69. The van der Waals surface area contributed by atoms with Crippen molar-refractivity contribution in [3.05, 3.63) is 12.2 Å². The topological polar surface area (TPSA) is 12.4 Å². The lowest BCUT2D eigenvalue weighted by Gasteiger charge is -2.08. The van der Waals surface area contributed by atoms with Gasteiger partial charge in [0.05, 0.1) is 0 Å². The van der Waals surface area contributed by atoms with Gasteiger partial charge < -0.3 is 0 Å². The maximum atomic E-state index is 5.60. The third-order valence-electron chi connectivity index (χ3n) is 1.18. The number of alkyl halides is 1. The highest BCUT2D eigenvalue weighted by molar-refractivity contribution is 14.1. The Kier molecular flexibility index (Phi) is 2.98. The summed E-state index contributed by atoms with van der Waals surface area (Å²) in [5, 5.41) is 0.635. The summed E-state index contributed by atoms with van der Waals surface area (Å²) in [4.78, 5) is 4.07. The largest absolute Gasteiger partial charge is 0.273 e. The van der Waals surface area contributed by atoms with Crippen LogP contribution in [0.3, 0.4) is 0 Å². The smallest absolute Gasteiger partial charge is 0.123 e. The molecule has 1 nitrogen and oxygen atoms in total. The molecule has 50 valence electrons. The maximum Gasteiger partial charge on any atom is 0.123 e. The van der Waals surface area contributed by atoms with Gasteiger partial charge in [0.1, 0.15) is 5.17 Å². The summed E-state index contributed by atoms with van der Waals surface area (Å²) in [7, 11) is 0. The molecule has 0 aliphatic carbocycles. The summed E-state index contributed by atoms with van der Waals surface area (Å²) in [6.07, 6.45) is 3.98. The Bertz CT molecular complexity index is 153. The van der Waals surface area contributed by atoms with E-state index in [1.165, 1.54) is 0 Å². The van der Waals surface area contributed by atoms with Crippen molar-refractivity contribution < 1.29 is 0 Å². The van der Waals surface area contributed by atoms with Crippen LogP contribution >= 0.6 is 34.2 Å². The van der Waals surface area contributed by atoms with Crippen molar-refractivity contribution in [2.75, 3.05) is 11.0 Å². The van der Waals surface area contributed by atoms with Gasteiger partial charge >= 0.3 is 0 Å². The summed E-state index contributed by atoms with van der Waals surface area (Å²) >= 11 is 7.95. The van der Waals surface area contributed by atoms with E-state index in [-0.39, 0.29) is 0 Å². The van der Waals surface area contributed by atoms with Gasteiger partial charge in [0.25, 0.3) is 0 Å². The van der Waals surface area contributed by atoms with Gasteiger partial charge in [-0.15, -0.1) is 0 Å². The zero-order valence-corrected chi connectivity index (χ0v) is 7.76. The minimum Gasteiger partial charge on any atom is -0.273 e. The second kappa shape index (κ2) is 3.56. The lowest BCUT2D eigenvalue weighted by Crippen LogP contribution is -2.07. The van der Waals surface area contributed by atoms with Crippen molar-refractivity contribution in [3.8, 4) is 0 Å². The molecule has 0 saturated carbocycles. The zero-order valence-electron chi connectivity index (χ0n) is 4.85. The van der Waals surface area contributed by atoms with E-state index in [1.54, 1.807) is 0 Å². The van der Waals surface area contributed by atoms with Gasteiger partial charge in [-0.1, -0.05) is 40.3 Å².